The summed E-state index contributed by atoms with van der Waals surface area (Å²) in [7, 11) is 1.66. The van der Waals surface area contributed by atoms with Gasteiger partial charge in [-0.15, -0.1) is 0 Å². The fourth-order valence-electron chi connectivity index (χ4n) is 2.15. The van der Waals surface area contributed by atoms with E-state index in [0.29, 0.717) is 19.0 Å². The van der Waals surface area contributed by atoms with Crippen LogP contribution in [0, 0.1) is 0 Å². The van der Waals surface area contributed by atoms with Crippen molar-refractivity contribution in [2.75, 3.05) is 20.3 Å². The van der Waals surface area contributed by atoms with Gasteiger partial charge in [-0.3, -0.25) is 0 Å². The number of hydrogen-bond donors (Lipinski definition) is 1. The molecule has 1 aliphatic rings. The van der Waals surface area contributed by atoms with E-state index in [1.165, 1.54) is 0 Å². The van der Waals surface area contributed by atoms with Crippen molar-refractivity contribution in [1.82, 2.24) is 0 Å². The number of rotatable bonds is 5. The Morgan fingerprint density at radius 2 is 2.11 bits per heavy atom. The molecule has 0 bridgehead atoms. The number of phenolic OH excluding ortho intramolecular Hbond substituents is 1. The molecule has 1 heterocycles. The van der Waals surface area contributed by atoms with Gasteiger partial charge in [-0.2, -0.15) is 0 Å². The molecule has 100 valence electrons. The van der Waals surface area contributed by atoms with E-state index in [0.717, 1.165) is 24.2 Å². The van der Waals surface area contributed by atoms with Crippen LogP contribution in [0.15, 0.2) is 12.1 Å². The van der Waals surface area contributed by atoms with E-state index in [1.54, 1.807) is 19.2 Å². The summed E-state index contributed by atoms with van der Waals surface area (Å²) in [4.78, 5) is 0. The van der Waals surface area contributed by atoms with Crippen molar-refractivity contribution in [3.63, 3.8) is 0 Å². The molecule has 2 rings (SSSR count). The van der Waals surface area contributed by atoms with Crippen molar-refractivity contribution < 1.29 is 19.3 Å². The molecule has 0 aliphatic carbocycles. The first kappa shape index (κ1) is 13.0. The van der Waals surface area contributed by atoms with E-state index >= 15 is 0 Å². The highest BCUT2D eigenvalue weighted by Gasteiger charge is 2.33. The van der Waals surface area contributed by atoms with Crippen LogP contribution in [-0.2, 0) is 11.2 Å². The third-order valence-corrected chi connectivity index (χ3v) is 2.86. The topological polar surface area (TPSA) is 47.9 Å². The molecule has 1 aliphatic heterocycles. The molecule has 0 aromatic heterocycles. The zero-order chi connectivity index (χ0) is 13.2. The minimum absolute atomic E-state index is 0.219. The van der Waals surface area contributed by atoms with Gasteiger partial charge in [0.1, 0.15) is 11.4 Å². The van der Waals surface area contributed by atoms with Crippen molar-refractivity contribution in [3.05, 3.63) is 17.7 Å². The fourth-order valence-corrected chi connectivity index (χ4v) is 2.15. The summed E-state index contributed by atoms with van der Waals surface area (Å²) in [5, 5.41) is 9.69. The molecule has 0 atom stereocenters. The normalized spacial score (nSPS) is 16.2. The quantitative estimate of drug-likeness (QED) is 0.818. The second-order valence-corrected chi connectivity index (χ2v) is 5.17. The summed E-state index contributed by atoms with van der Waals surface area (Å²) >= 11 is 0. The Bertz CT molecular complexity index is 426. The number of fused-ring (bicyclic) bond motifs is 1. The van der Waals surface area contributed by atoms with Gasteiger partial charge in [0.2, 0.25) is 0 Å². The molecule has 0 fully saturated rings. The van der Waals surface area contributed by atoms with Crippen molar-refractivity contribution >= 4 is 0 Å². The van der Waals surface area contributed by atoms with Crippen LogP contribution in [-0.4, -0.2) is 31.0 Å². The third-order valence-electron chi connectivity index (χ3n) is 2.86. The molecule has 0 radical (unpaired) electrons. The maximum Gasteiger partial charge on any atom is 0.165 e. The average molecular weight is 252 g/mol. The Labute approximate surface area is 107 Å². The van der Waals surface area contributed by atoms with Crippen molar-refractivity contribution in [2.45, 2.75) is 32.3 Å². The van der Waals surface area contributed by atoms with E-state index in [2.05, 4.69) is 0 Å². The van der Waals surface area contributed by atoms with E-state index in [9.17, 15) is 5.11 Å². The van der Waals surface area contributed by atoms with E-state index in [-0.39, 0.29) is 11.4 Å². The second kappa shape index (κ2) is 5.06. The minimum atomic E-state index is -0.235. The monoisotopic (exact) mass is 252 g/mol. The Hall–Kier alpha value is -1.42. The van der Waals surface area contributed by atoms with Gasteiger partial charge in [0.25, 0.3) is 0 Å². The lowest BCUT2D eigenvalue weighted by molar-refractivity contribution is 0.129. The molecule has 0 spiro atoms. The Morgan fingerprint density at radius 3 is 2.83 bits per heavy atom. The molecule has 1 N–H and O–H groups in total. The Morgan fingerprint density at radius 1 is 1.33 bits per heavy atom. The largest absolute Gasteiger partial charge is 0.508 e. The predicted molar refractivity (Wildman–Crippen MR) is 68.5 cm³/mol. The number of hydrogen-bond acceptors (Lipinski definition) is 4. The van der Waals surface area contributed by atoms with Crippen LogP contribution in [0.3, 0.4) is 0 Å². The van der Waals surface area contributed by atoms with E-state index in [1.807, 2.05) is 13.8 Å². The van der Waals surface area contributed by atoms with Gasteiger partial charge >= 0.3 is 0 Å². The third kappa shape index (κ3) is 2.88. The summed E-state index contributed by atoms with van der Waals surface area (Å²) < 4.78 is 16.5. The molecule has 1 aromatic carbocycles. The standard InChI is InChI=1S/C14H20O4/c1-14(2)9-10-7-11(15)8-12(13(10)18-14)17-6-4-5-16-3/h7-8,15H,4-6,9H2,1-3H3. The zero-order valence-electron chi connectivity index (χ0n) is 11.2. The van der Waals surface area contributed by atoms with Crippen molar-refractivity contribution in [2.24, 2.45) is 0 Å². The van der Waals surface area contributed by atoms with Gasteiger partial charge in [0, 0.05) is 38.2 Å². The van der Waals surface area contributed by atoms with Crippen molar-refractivity contribution in [1.29, 1.82) is 0 Å². The average Bonchev–Trinajstić information content (AvgIpc) is 2.58. The predicted octanol–water partition coefficient (Wildman–Crippen LogP) is 2.52. The van der Waals surface area contributed by atoms with Gasteiger partial charge in [-0.05, 0) is 19.9 Å². The number of methoxy groups -OCH3 is 1. The van der Waals surface area contributed by atoms with Crippen LogP contribution in [0.25, 0.3) is 0 Å². The summed E-state index contributed by atoms with van der Waals surface area (Å²) in [6, 6.07) is 3.35. The number of ether oxygens (including phenoxy) is 3. The van der Waals surface area contributed by atoms with Crippen LogP contribution in [0.4, 0.5) is 0 Å². The number of aromatic hydroxyl groups is 1. The Kier molecular flexibility index (Phi) is 3.66. The number of benzene rings is 1. The summed E-state index contributed by atoms with van der Waals surface area (Å²) in [5.74, 6) is 1.60. The smallest absolute Gasteiger partial charge is 0.165 e. The molecule has 0 saturated heterocycles. The SMILES string of the molecule is COCCCOc1cc(O)cc2c1OC(C)(C)C2. The lowest BCUT2D eigenvalue weighted by Gasteiger charge is -2.18. The first-order valence-electron chi connectivity index (χ1n) is 6.18. The lowest BCUT2D eigenvalue weighted by Crippen LogP contribution is -2.24. The van der Waals surface area contributed by atoms with E-state index < -0.39 is 0 Å². The van der Waals surface area contributed by atoms with E-state index in [4.69, 9.17) is 14.2 Å². The summed E-state index contributed by atoms with van der Waals surface area (Å²) in [5.41, 5.74) is 0.766. The zero-order valence-corrected chi connectivity index (χ0v) is 11.2. The first-order valence-corrected chi connectivity index (χ1v) is 6.18. The van der Waals surface area contributed by atoms with Crippen LogP contribution in [0.5, 0.6) is 17.2 Å². The minimum Gasteiger partial charge on any atom is -0.508 e. The van der Waals surface area contributed by atoms with Crippen LogP contribution >= 0.6 is 0 Å². The highest BCUT2D eigenvalue weighted by molar-refractivity contribution is 5.54. The Balaban J connectivity index is 2.12. The molecule has 18 heavy (non-hydrogen) atoms. The van der Waals surface area contributed by atoms with Gasteiger partial charge in [0.15, 0.2) is 11.5 Å². The maximum atomic E-state index is 9.69. The highest BCUT2D eigenvalue weighted by Crippen LogP contribution is 2.44. The maximum absolute atomic E-state index is 9.69. The summed E-state index contributed by atoms with van der Waals surface area (Å²) in [6.07, 6.45) is 1.59. The van der Waals surface area contributed by atoms with Gasteiger partial charge in [-0.1, -0.05) is 0 Å². The van der Waals surface area contributed by atoms with Crippen molar-refractivity contribution in [3.8, 4) is 17.2 Å². The molecule has 4 heteroatoms. The number of phenols is 1. The molecule has 0 saturated carbocycles. The highest BCUT2D eigenvalue weighted by atomic mass is 16.5. The molecular weight excluding hydrogens is 232 g/mol. The molecule has 0 unspecified atom stereocenters. The molecule has 0 amide bonds. The first-order chi connectivity index (χ1) is 8.52. The van der Waals surface area contributed by atoms with Gasteiger partial charge < -0.3 is 19.3 Å². The van der Waals surface area contributed by atoms with Crippen LogP contribution in [0.2, 0.25) is 0 Å². The molecular formula is C14H20O4. The van der Waals surface area contributed by atoms with Crippen LogP contribution < -0.4 is 9.47 Å². The molecule has 1 aromatic rings. The molecule has 4 nitrogen and oxygen atoms in total. The van der Waals surface area contributed by atoms with Gasteiger partial charge in [0.05, 0.1) is 6.61 Å². The fraction of sp³-hybridized carbons (Fsp3) is 0.571. The lowest BCUT2D eigenvalue weighted by atomic mass is 10.0. The summed E-state index contributed by atoms with van der Waals surface area (Å²) in [6.45, 7) is 5.26. The second-order valence-electron chi connectivity index (χ2n) is 5.17. The van der Waals surface area contributed by atoms with Crippen LogP contribution in [0.1, 0.15) is 25.8 Å². The van der Waals surface area contributed by atoms with Gasteiger partial charge in [-0.25, -0.2) is 0 Å².